The Balaban J connectivity index is 1.31. The van der Waals surface area contributed by atoms with E-state index in [2.05, 4.69) is 45.1 Å². The van der Waals surface area contributed by atoms with Crippen molar-refractivity contribution in [2.45, 2.75) is 26.3 Å². The molecule has 0 saturated heterocycles. The molecule has 4 nitrogen and oxygen atoms in total. The van der Waals surface area contributed by atoms with Gasteiger partial charge < -0.3 is 9.47 Å². The highest BCUT2D eigenvalue weighted by Crippen LogP contribution is 2.43. The van der Waals surface area contributed by atoms with Crippen LogP contribution in [-0.4, -0.2) is 24.0 Å². The van der Waals surface area contributed by atoms with Crippen molar-refractivity contribution in [3.63, 3.8) is 0 Å². The molecule has 0 saturated carbocycles. The minimum absolute atomic E-state index is 0.0741. The number of halogens is 1. The molecule has 3 aromatic rings. The van der Waals surface area contributed by atoms with Crippen molar-refractivity contribution in [1.82, 2.24) is 4.90 Å². The lowest BCUT2D eigenvalue weighted by atomic mass is 10.00. The van der Waals surface area contributed by atoms with Gasteiger partial charge in [0.2, 0.25) is 5.78 Å². The van der Waals surface area contributed by atoms with Crippen LogP contribution in [0, 0.1) is 6.92 Å². The van der Waals surface area contributed by atoms with Crippen LogP contribution in [0.3, 0.4) is 0 Å². The van der Waals surface area contributed by atoms with Crippen molar-refractivity contribution in [2.24, 2.45) is 0 Å². The second kappa shape index (κ2) is 8.93. The average Bonchev–Trinajstić information content (AvgIpc) is 3.12. The zero-order valence-electron chi connectivity index (χ0n) is 17.9. The van der Waals surface area contributed by atoms with E-state index in [-0.39, 0.29) is 5.78 Å². The number of rotatable bonds is 5. The van der Waals surface area contributed by atoms with Crippen LogP contribution < -0.4 is 9.47 Å². The van der Waals surface area contributed by atoms with Crippen LogP contribution in [0.25, 0.3) is 6.08 Å². The molecule has 0 unspecified atom stereocenters. The van der Waals surface area contributed by atoms with E-state index < -0.39 is 0 Å². The monoisotopic (exact) mass is 489 g/mol. The number of nitrogens with zero attached hydrogens (tertiary/aromatic N) is 1. The fourth-order valence-electron chi connectivity index (χ4n) is 4.30. The number of allylic oxidation sites excluding steroid dienone is 1. The molecule has 0 atom stereocenters. The Bertz CT molecular complexity index is 1190. The van der Waals surface area contributed by atoms with Crippen molar-refractivity contribution < 1.29 is 14.3 Å². The standard InChI is InChI=1S/C27H24BrNO3/c1-18-26-21(16-29(17-31-26)13-5-8-19-6-3-2-4-7-19)15-23-25(30)24(32-27(18)23)14-20-9-11-22(28)12-10-20/h2-4,6-7,9-12,14-15H,5,8,13,16-17H2,1H3/b24-14-. The first-order valence-electron chi connectivity index (χ1n) is 10.8. The van der Waals surface area contributed by atoms with Gasteiger partial charge in [0.05, 0.1) is 5.56 Å². The van der Waals surface area contributed by atoms with Gasteiger partial charge in [0.25, 0.3) is 0 Å². The maximum absolute atomic E-state index is 13.1. The van der Waals surface area contributed by atoms with Crippen LogP contribution in [0.2, 0.25) is 0 Å². The van der Waals surface area contributed by atoms with Gasteiger partial charge in [0, 0.05) is 28.7 Å². The fraction of sp³-hybridized carbons (Fsp3) is 0.222. The first-order valence-corrected chi connectivity index (χ1v) is 11.6. The number of ketones is 1. The second-order valence-electron chi connectivity index (χ2n) is 8.27. The third kappa shape index (κ3) is 4.23. The van der Waals surface area contributed by atoms with Crippen LogP contribution in [0.4, 0.5) is 0 Å². The quantitative estimate of drug-likeness (QED) is 0.402. The van der Waals surface area contributed by atoms with Crippen LogP contribution in [0.1, 0.15) is 39.0 Å². The molecule has 0 fully saturated rings. The smallest absolute Gasteiger partial charge is 0.231 e. The van der Waals surface area contributed by atoms with Crippen LogP contribution >= 0.6 is 15.9 Å². The van der Waals surface area contributed by atoms with E-state index in [9.17, 15) is 4.79 Å². The lowest BCUT2D eigenvalue weighted by Gasteiger charge is -2.30. The summed E-state index contributed by atoms with van der Waals surface area (Å²) < 4.78 is 13.1. The van der Waals surface area contributed by atoms with Gasteiger partial charge in [-0.15, -0.1) is 0 Å². The molecule has 0 N–H and O–H groups in total. The Morgan fingerprint density at radius 1 is 1.06 bits per heavy atom. The van der Waals surface area contributed by atoms with E-state index in [0.29, 0.717) is 23.8 Å². The fourth-order valence-corrected chi connectivity index (χ4v) is 4.57. The molecule has 2 heterocycles. The number of aryl methyl sites for hydroxylation is 1. The molecule has 5 heteroatoms. The minimum Gasteiger partial charge on any atom is -0.477 e. The van der Waals surface area contributed by atoms with Crippen LogP contribution in [-0.2, 0) is 13.0 Å². The molecule has 0 bridgehead atoms. The summed E-state index contributed by atoms with van der Waals surface area (Å²) in [5.74, 6) is 1.75. The van der Waals surface area contributed by atoms with E-state index in [1.165, 1.54) is 5.56 Å². The highest BCUT2D eigenvalue weighted by molar-refractivity contribution is 9.10. The molecule has 2 aliphatic heterocycles. The summed E-state index contributed by atoms with van der Waals surface area (Å²) in [7, 11) is 0. The molecule has 5 rings (SSSR count). The summed E-state index contributed by atoms with van der Waals surface area (Å²) in [5, 5.41) is 0. The number of carbonyl (C=O) groups is 1. The largest absolute Gasteiger partial charge is 0.477 e. The SMILES string of the molecule is Cc1c2c(cc3c1O/C(=C\c1ccc(Br)cc1)C3=O)CN(CCCc1ccccc1)CO2. The van der Waals surface area contributed by atoms with Crippen molar-refractivity contribution in [3.8, 4) is 11.5 Å². The first-order chi connectivity index (χ1) is 15.6. The van der Waals surface area contributed by atoms with Gasteiger partial charge in [0.15, 0.2) is 5.76 Å². The number of Topliss-reactive ketones (excluding diaryl/α,β-unsaturated/α-hetero) is 1. The Morgan fingerprint density at radius 2 is 1.84 bits per heavy atom. The molecule has 0 aliphatic carbocycles. The molecule has 0 spiro atoms. The van der Waals surface area contributed by atoms with Gasteiger partial charge in [-0.05, 0) is 55.2 Å². The maximum atomic E-state index is 13.1. The zero-order chi connectivity index (χ0) is 22.1. The highest BCUT2D eigenvalue weighted by Gasteiger charge is 2.33. The van der Waals surface area contributed by atoms with E-state index in [0.717, 1.165) is 52.8 Å². The molecule has 0 radical (unpaired) electrons. The molecule has 2 aliphatic rings. The maximum Gasteiger partial charge on any atom is 0.231 e. The Kier molecular flexibility index (Phi) is 5.85. The summed E-state index contributed by atoms with van der Waals surface area (Å²) in [6.07, 6.45) is 3.91. The van der Waals surface area contributed by atoms with Gasteiger partial charge in [-0.3, -0.25) is 9.69 Å². The summed E-state index contributed by atoms with van der Waals surface area (Å²) in [6, 6.07) is 20.3. The number of carbonyl (C=O) groups excluding carboxylic acids is 1. The number of hydrogen-bond donors (Lipinski definition) is 0. The molecule has 162 valence electrons. The molecule has 32 heavy (non-hydrogen) atoms. The predicted molar refractivity (Wildman–Crippen MR) is 129 cm³/mol. The van der Waals surface area contributed by atoms with Gasteiger partial charge in [-0.25, -0.2) is 0 Å². The highest BCUT2D eigenvalue weighted by atomic mass is 79.9. The van der Waals surface area contributed by atoms with Gasteiger partial charge in [-0.1, -0.05) is 58.4 Å². The normalized spacial score (nSPS) is 16.4. The van der Waals surface area contributed by atoms with Crippen molar-refractivity contribution in [2.75, 3.05) is 13.3 Å². The van der Waals surface area contributed by atoms with Crippen molar-refractivity contribution in [1.29, 1.82) is 0 Å². The van der Waals surface area contributed by atoms with Crippen molar-refractivity contribution >= 4 is 27.8 Å². The summed E-state index contributed by atoms with van der Waals surface area (Å²) in [5.41, 5.74) is 4.85. The molecular formula is C27H24BrNO3. The Morgan fingerprint density at radius 3 is 2.62 bits per heavy atom. The third-order valence-corrected chi connectivity index (χ3v) is 6.48. The number of benzene rings is 3. The molecular weight excluding hydrogens is 466 g/mol. The number of hydrogen-bond acceptors (Lipinski definition) is 4. The number of fused-ring (bicyclic) bond motifs is 2. The third-order valence-electron chi connectivity index (χ3n) is 5.95. The topological polar surface area (TPSA) is 38.8 Å². The van der Waals surface area contributed by atoms with E-state index in [1.807, 2.05) is 43.3 Å². The van der Waals surface area contributed by atoms with E-state index >= 15 is 0 Å². The lowest BCUT2D eigenvalue weighted by Crippen LogP contribution is -2.33. The predicted octanol–water partition coefficient (Wildman–Crippen LogP) is 6.16. The molecule has 3 aromatic carbocycles. The zero-order valence-corrected chi connectivity index (χ0v) is 19.5. The van der Waals surface area contributed by atoms with Gasteiger partial charge in [0.1, 0.15) is 18.2 Å². The average molecular weight is 490 g/mol. The van der Waals surface area contributed by atoms with Crippen molar-refractivity contribution in [3.05, 3.63) is 98.7 Å². The molecule has 0 amide bonds. The first kappa shape index (κ1) is 21.0. The van der Waals surface area contributed by atoms with Gasteiger partial charge >= 0.3 is 0 Å². The lowest BCUT2D eigenvalue weighted by molar-refractivity contribution is 0.0932. The van der Waals surface area contributed by atoms with Crippen LogP contribution in [0.15, 0.2) is 70.9 Å². The second-order valence-corrected chi connectivity index (χ2v) is 9.19. The summed E-state index contributed by atoms with van der Waals surface area (Å²) in [4.78, 5) is 15.3. The van der Waals surface area contributed by atoms with E-state index in [4.69, 9.17) is 9.47 Å². The van der Waals surface area contributed by atoms with E-state index in [1.54, 1.807) is 6.08 Å². The Hall–Kier alpha value is -2.89. The van der Waals surface area contributed by atoms with Gasteiger partial charge in [-0.2, -0.15) is 0 Å². The number of ether oxygens (including phenoxy) is 2. The summed E-state index contributed by atoms with van der Waals surface area (Å²) >= 11 is 3.44. The Labute approximate surface area is 196 Å². The molecule has 0 aromatic heterocycles. The minimum atomic E-state index is -0.0741. The summed E-state index contributed by atoms with van der Waals surface area (Å²) in [6.45, 7) is 4.25. The van der Waals surface area contributed by atoms with Crippen LogP contribution in [0.5, 0.6) is 11.5 Å².